The molecule has 0 amide bonds. The molecular weight excluding hydrogens is 286 g/mol. The van der Waals surface area contributed by atoms with Crippen molar-refractivity contribution in [3.8, 4) is 5.75 Å². The molecular formula is C20H21NO2. The second-order valence-corrected chi connectivity index (χ2v) is 6.47. The monoisotopic (exact) mass is 307 g/mol. The molecule has 3 heteroatoms. The fourth-order valence-corrected chi connectivity index (χ4v) is 4.18. The van der Waals surface area contributed by atoms with E-state index in [4.69, 9.17) is 4.74 Å². The van der Waals surface area contributed by atoms with E-state index in [1.165, 1.54) is 11.3 Å². The first-order chi connectivity index (χ1) is 11.3. The van der Waals surface area contributed by atoms with Gasteiger partial charge in [-0.05, 0) is 42.7 Å². The summed E-state index contributed by atoms with van der Waals surface area (Å²) in [6.07, 6.45) is 2.79. The van der Waals surface area contributed by atoms with Crippen LogP contribution in [0.15, 0.2) is 54.6 Å². The summed E-state index contributed by atoms with van der Waals surface area (Å²) in [6.45, 7) is 0. The van der Waals surface area contributed by atoms with Crippen LogP contribution in [-0.4, -0.2) is 18.9 Å². The number of Topliss-reactive ketones (excluding diaryl/α,β-unsaturated/α-hetero) is 1. The zero-order valence-corrected chi connectivity index (χ0v) is 13.3. The van der Waals surface area contributed by atoms with Crippen LogP contribution in [0.4, 0.5) is 5.69 Å². The van der Waals surface area contributed by atoms with Crippen molar-refractivity contribution in [2.75, 3.05) is 12.0 Å². The number of hydrogen-bond donors (Lipinski definition) is 0. The van der Waals surface area contributed by atoms with Crippen molar-refractivity contribution in [2.45, 2.75) is 31.3 Å². The van der Waals surface area contributed by atoms with Gasteiger partial charge in [0.15, 0.2) is 0 Å². The zero-order chi connectivity index (χ0) is 15.8. The van der Waals surface area contributed by atoms with E-state index in [9.17, 15) is 4.79 Å². The van der Waals surface area contributed by atoms with Gasteiger partial charge >= 0.3 is 0 Å². The van der Waals surface area contributed by atoms with Gasteiger partial charge in [0.1, 0.15) is 11.5 Å². The van der Waals surface area contributed by atoms with E-state index in [-0.39, 0.29) is 12.0 Å². The largest absolute Gasteiger partial charge is 0.497 e. The highest BCUT2D eigenvalue weighted by molar-refractivity contribution is 5.86. The fraction of sp³-hybridized carbons (Fsp3) is 0.350. The molecule has 3 nitrogen and oxygen atoms in total. The third kappa shape index (κ3) is 2.40. The molecule has 2 aliphatic heterocycles. The molecule has 2 aromatic carbocycles. The van der Waals surface area contributed by atoms with Gasteiger partial charge in [0, 0.05) is 24.1 Å². The van der Waals surface area contributed by atoms with Gasteiger partial charge in [-0.25, -0.2) is 0 Å². The molecule has 1 saturated carbocycles. The Morgan fingerprint density at radius 2 is 1.74 bits per heavy atom. The summed E-state index contributed by atoms with van der Waals surface area (Å²) >= 11 is 0. The minimum atomic E-state index is 0.115. The van der Waals surface area contributed by atoms with Crippen molar-refractivity contribution in [1.82, 2.24) is 0 Å². The molecule has 2 heterocycles. The Bertz CT molecular complexity index is 695. The first-order valence-corrected chi connectivity index (χ1v) is 8.28. The van der Waals surface area contributed by atoms with Crippen molar-refractivity contribution in [1.29, 1.82) is 0 Å². The summed E-state index contributed by atoms with van der Waals surface area (Å²) in [4.78, 5) is 14.9. The molecule has 0 radical (unpaired) electrons. The van der Waals surface area contributed by atoms with Gasteiger partial charge in [0.2, 0.25) is 0 Å². The molecule has 0 aromatic heterocycles. The standard InChI is InChI=1S/C20H21NO2/c1-23-17-10-7-15(8-11-17)21-16-9-12-18(19(22)13-16)20(21)14-5-3-2-4-6-14/h2-8,10-11,16,18,20H,9,12-13H2,1H3/t16-,18+,20-/m0/s1. The summed E-state index contributed by atoms with van der Waals surface area (Å²) in [5.74, 6) is 1.41. The van der Waals surface area contributed by atoms with Crippen LogP contribution in [0.5, 0.6) is 5.75 Å². The van der Waals surface area contributed by atoms with E-state index in [1.54, 1.807) is 7.11 Å². The summed E-state index contributed by atoms with van der Waals surface area (Å²) in [7, 11) is 1.68. The molecule has 2 aromatic rings. The average Bonchev–Trinajstić information content (AvgIpc) is 2.62. The summed E-state index contributed by atoms with van der Waals surface area (Å²) in [6, 6.07) is 19.1. The van der Waals surface area contributed by atoms with Gasteiger partial charge in [-0.1, -0.05) is 30.3 Å². The lowest BCUT2D eigenvalue weighted by Crippen LogP contribution is -2.54. The van der Waals surface area contributed by atoms with E-state index >= 15 is 0 Å². The van der Waals surface area contributed by atoms with Gasteiger partial charge < -0.3 is 9.64 Å². The number of rotatable bonds is 3. The highest BCUT2D eigenvalue weighted by Crippen LogP contribution is 2.47. The normalized spacial score (nSPS) is 26.4. The summed E-state index contributed by atoms with van der Waals surface area (Å²) < 4.78 is 5.27. The van der Waals surface area contributed by atoms with Crippen molar-refractivity contribution in [2.24, 2.45) is 5.92 Å². The summed E-state index contributed by atoms with van der Waals surface area (Å²) in [5.41, 5.74) is 2.42. The number of ether oxygens (including phenoxy) is 1. The van der Waals surface area contributed by atoms with E-state index in [2.05, 4.69) is 41.3 Å². The van der Waals surface area contributed by atoms with E-state index < -0.39 is 0 Å². The number of anilines is 1. The van der Waals surface area contributed by atoms with Crippen LogP contribution in [-0.2, 0) is 4.79 Å². The van der Waals surface area contributed by atoms with Crippen LogP contribution in [0.2, 0.25) is 0 Å². The molecule has 5 rings (SSSR count). The number of hydrogen-bond acceptors (Lipinski definition) is 3. The highest BCUT2D eigenvalue weighted by atomic mass is 16.5. The maximum atomic E-state index is 12.5. The highest BCUT2D eigenvalue weighted by Gasteiger charge is 2.47. The Hall–Kier alpha value is -2.29. The lowest BCUT2D eigenvalue weighted by atomic mass is 9.71. The van der Waals surface area contributed by atoms with Crippen molar-refractivity contribution < 1.29 is 9.53 Å². The van der Waals surface area contributed by atoms with Gasteiger partial charge in [-0.2, -0.15) is 0 Å². The molecule has 2 saturated heterocycles. The van der Waals surface area contributed by atoms with E-state index in [1.807, 2.05) is 18.2 Å². The Kier molecular flexibility index (Phi) is 3.56. The van der Waals surface area contributed by atoms with Crippen LogP contribution in [0.1, 0.15) is 30.9 Å². The molecule has 118 valence electrons. The Balaban J connectivity index is 1.76. The lowest BCUT2D eigenvalue weighted by molar-refractivity contribution is -0.128. The summed E-state index contributed by atoms with van der Waals surface area (Å²) in [5, 5.41) is 0. The molecule has 2 bridgehead atoms. The molecule has 0 unspecified atom stereocenters. The Morgan fingerprint density at radius 3 is 2.39 bits per heavy atom. The predicted molar refractivity (Wildman–Crippen MR) is 90.8 cm³/mol. The van der Waals surface area contributed by atoms with E-state index in [0.29, 0.717) is 18.2 Å². The second-order valence-electron chi connectivity index (χ2n) is 6.47. The van der Waals surface area contributed by atoms with Crippen molar-refractivity contribution >= 4 is 11.5 Å². The SMILES string of the molecule is COc1ccc(N2[C@H]3CC[C@H](C(=O)C3)[C@@H]2c2ccccc2)cc1. The molecule has 3 aliphatic rings. The van der Waals surface area contributed by atoms with Crippen LogP contribution < -0.4 is 9.64 Å². The van der Waals surface area contributed by atoms with Gasteiger partial charge in [-0.15, -0.1) is 0 Å². The fourth-order valence-electron chi connectivity index (χ4n) is 4.18. The van der Waals surface area contributed by atoms with Crippen LogP contribution in [0.25, 0.3) is 0 Å². The first-order valence-electron chi connectivity index (χ1n) is 8.28. The minimum Gasteiger partial charge on any atom is -0.497 e. The minimum absolute atomic E-state index is 0.115. The van der Waals surface area contributed by atoms with Crippen molar-refractivity contribution in [3.05, 3.63) is 60.2 Å². The maximum absolute atomic E-state index is 12.5. The van der Waals surface area contributed by atoms with Crippen LogP contribution in [0.3, 0.4) is 0 Å². The van der Waals surface area contributed by atoms with Crippen molar-refractivity contribution in [3.63, 3.8) is 0 Å². The number of methoxy groups -OCH3 is 1. The third-order valence-corrected chi connectivity index (χ3v) is 5.25. The first kappa shape index (κ1) is 14.3. The number of benzene rings is 2. The third-order valence-electron chi connectivity index (χ3n) is 5.25. The Labute approximate surface area is 136 Å². The number of carbonyl (C=O) groups excluding carboxylic acids is 1. The molecule has 1 aliphatic carbocycles. The average molecular weight is 307 g/mol. The van der Waals surface area contributed by atoms with E-state index in [0.717, 1.165) is 18.6 Å². The Morgan fingerprint density at radius 1 is 1.00 bits per heavy atom. The molecule has 23 heavy (non-hydrogen) atoms. The second kappa shape index (κ2) is 5.73. The zero-order valence-electron chi connectivity index (χ0n) is 13.3. The number of carbonyl (C=O) groups is 1. The predicted octanol–water partition coefficient (Wildman–Crippen LogP) is 3.99. The number of ketones is 1. The molecule has 3 atom stereocenters. The van der Waals surface area contributed by atoms with Gasteiger partial charge in [0.25, 0.3) is 0 Å². The topological polar surface area (TPSA) is 29.5 Å². The smallest absolute Gasteiger partial charge is 0.140 e. The molecule has 0 N–H and O–H groups in total. The quantitative estimate of drug-likeness (QED) is 0.858. The maximum Gasteiger partial charge on any atom is 0.140 e. The number of piperidine rings is 2. The van der Waals surface area contributed by atoms with Crippen LogP contribution in [0, 0.1) is 5.92 Å². The molecule has 3 fully saturated rings. The van der Waals surface area contributed by atoms with Gasteiger partial charge in [-0.3, -0.25) is 4.79 Å². The lowest BCUT2D eigenvalue weighted by Gasteiger charge is -2.52. The number of fused-ring (bicyclic) bond motifs is 3. The number of nitrogens with zero attached hydrogens (tertiary/aromatic N) is 1. The van der Waals surface area contributed by atoms with Gasteiger partial charge in [0.05, 0.1) is 13.2 Å². The van der Waals surface area contributed by atoms with Crippen LogP contribution >= 0.6 is 0 Å². The molecule has 0 spiro atoms.